The molecule has 4 aromatic rings. The summed E-state index contributed by atoms with van der Waals surface area (Å²) in [6.07, 6.45) is 0. The highest BCUT2D eigenvalue weighted by molar-refractivity contribution is 7.92. The number of sulfonamides is 1. The van der Waals surface area contributed by atoms with Gasteiger partial charge in [-0.2, -0.15) is 0 Å². The fourth-order valence-corrected chi connectivity index (χ4v) is 5.69. The predicted molar refractivity (Wildman–Crippen MR) is 149 cm³/mol. The van der Waals surface area contributed by atoms with Crippen LogP contribution in [0.15, 0.2) is 89.1 Å². The van der Waals surface area contributed by atoms with Crippen molar-refractivity contribution in [3.63, 3.8) is 0 Å². The number of carbonyl (C=O) groups excluding carboxylic acids is 1. The van der Waals surface area contributed by atoms with Gasteiger partial charge in [0.15, 0.2) is 0 Å². The molecule has 3 aromatic carbocycles. The van der Waals surface area contributed by atoms with E-state index in [9.17, 15) is 17.6 Å². The van der Waals surface area contributed by atoms with Crippen molar-refractivity contribution < 1.29 is 22.3 Å². The molecule has 0 fully saturated rings. The SMILES string of the molecule is COc1ccc(S(=O)(=O)Nc2ccc(N(C)C)c(CN(Cc3ccc(F)cc3)C(=O)c3cccs3)c2)cc1. The molecule has 0 bridgehead atoms. The number of hydrogen-bond acceptors (Lipinski definition) is 6. The summed E-state index contributed by atoms with van der Waals surface area (Å²) >= 11 is 1.34. The van der Waals surface area contributed by atoms with Crippen LogP contribution >= 0.6 is 11.3 Å². The molecule has 0 unspecified atom stereocenters. The van der Waals surface area contributed by atoms with Gasteiger partial charge in [0.25, 0.3) is 15.9 Å². The van der Waals surface area contributed by atoms with Gasteiger partial charge < -0.3 is 14.5 Å². The van der Waals surface area contributed by atoms with Crippen LogP contribution in [0, 0.1) is 5.82 Å². The summed E-state index contributed by atoms with van der Waals surface area (Å²) in [4.78, 5) is 17.7. The van der Waals surface area contributed by atoms with Crippen molar-refractivity contribution in [1.82, 2.24) is 4.90 Å². The Morgan fingerprint density at radius 3 is 2.29 bits per heavy atom. The van der Waals surface area contributed by atoms with Gasteiger partial charge in [-0.3, -0.25) is 9.52 Å². The maximum Gasteiger partial charge on any atom is 0.264 e. The number of halogens is 1. The Morgan fingerprint density at radius 2 is 1.68 bits per heavy atom. The molecule has 1 N–H and O–H groups in total. The molecular formula is C28H28FN3O4S2. The zero-order chi connectivity index (χ0) is 27.3. The molecule has 0 saturated carbocycles. The summed E-state index contributed by atoms with van der Waals surface area (Å²) in [7, 11) is 1.42. The molecule has 1 aromatic heterocycles. The maximum absolute atomic E-state index is 13.5. The van der Waals surface area contributed by atoms with E-state index in [0.29, 0.717) is 16.3 Å². The van der Waals surface area contributed by atoms with E-state index in [4.69, 9.17) is 4.74 Å². The first-order valence-electron chi connectivity index (χ1n) is 11.7. The quantitative estimate of drug-likeness (QED) is 0.276. The fourth-order valence-electron chi connectivity index (χ4n) is 3.95. The Labute approximate surface area is 226 Å². The first-order chi connectivity index (χ1) is 18.2. The van der Waals surface area contributed by atoms with Crippen molar-refractivity contribution in [2.24, 2.45) is 0 Å². The second-order valence-corrected chi connectivity index (χ2v) is 11.4. The number of amides is 1. The van der Waals surface area contributed by atoms with Gasteiger partial charge in [-0.25, -0.2) is 12.8 Å². The zero-order valence-corrected chi connectivity index (χ0v) is 22.9. The number of anilines is 2. The minimum absolute atomic E-state index is 0.0994. The lowest BCUT2D eigenvalue weighted by Gasteiger charge is -2.26. The van der Waals surface area contributed by atoms with E-state index in [0.717, 1.165) is 16.8 Å². The second kappa shape index (κ2) is 11.7. The summed E-state index contributed by atoms with van der Waals surface area (Å²) in [6.45, 7) is 0.464. The predicted octanol–water partition coefficient (Wildman–Crippen LogP) is 5.61. The summed E-state index contributed by atoms with van der Waals surface area (Å²) < 4.78 is 47.3. The number of nitrogens with one attached hydrogen (secondary N) is 1. The standard InChI is InChI=1S/C28H28FN3O4S2/c1-31(2)26-15-10-23(30-38(34,35)25-13-11-24(36-3)12-14-25)17-21(26)19-32(28(33)27-5-4-16-37-27)18-20-6-8-22(29)9-7-20/h4-17,30H,18-19H2,1-3H3. The second-order valence-electron chi connectivity index (χ2n) is 8.78. The first kappa shape index (κ1) is 27.2. The number of thiophene rings is 1. The van der Waals surface area contributed by atoms with Crippen LogP contribution in [0.3, 0.4) is 0 Å². The van der Waals surface area contributed by atoms with Crippen LogP contribution in [0.5, 0.6) is 5.75 Å². The van der Waals surface area contributed by atoms with Gasteiger partial charge in [-0.05, 0) is 77.2 Å². The highest BCUT2D eigenvalue weighted by Gasteiger charge is 2.21. The number of methoxy groups -OCH3 is 1. The molecule has 38 heavy (non-hydrogen) atoms. The van der Waals surface area contributed by atoms with Gasteiger partial charge in [-0.15, -0.1) is 11.3 Å². The third kappa shape index (κ3) is 6.51. The lowest BCUT2D eigenvalue weighted by atomic mass is 10.1. The van der Waals surface area contributed by atoms with E-state index in [1.807, 2.05) is 36.5 Å². The molecule has 0 spiro atoms. The monoisotopic (exact) mass is 553 g/mol. The largest absolute Gasteiger partial charge is 0.497 e. The Balaban J connectivity index is 1.66. The highest BCUT2D eigenvalue weighted by Crippen LogP contribution is 2.28. The van der Waals surface area contributed by atoms with Crippen LogP contribution in [0.2, 0.25) is 0 Å². The fraction of sp³-hybridized carbons (Fsp3) is 0.179. The van der Waals surface area contributed by atoms with Crippen LogP contribution in [0.25, 0.3) is 0 Å². The van der Waals surface area contributed by atoms with E-state index in [1.165, 1.54) is 42.7 Å². The van der Waals surface area contributed by atoms with Crippen molar-refractivity contribution in [3.8, 4) is 5.75 Å². The first-order valence-corrected chi connectivity index (χ1v) is 14.1. The summed E-state index contributed by atoms with van der Waals surface area (Å²) in [6, 6.07) is 20.9. The Morgan fingerprint density at radius 1 is 0.974 bits per heavy atom. The Hall–Kier alpha value is -3.89. The molecule has 198 valence electrons. The van der Waals surface area contributed by atoms with Crippen LogP contribution in [0.4, 0.5) is 15.8 Å². The molecular weight excluding hydrogens is 525 g/mol. The van der Waals surface area contributed by atoms with Crippen molar-refractivity contribution in [1.29, 1.82) is 0 Å². The molecule has 0 saturated heterocycles. The molecule has 0 radical (unpaired) electrons. The molecule has 7 nitrogen and oxygen atoms in total. The lowest BCUT2D eigenvalue weighted by molar-refractivity contribution is 0.0735. The zero-order valence-electron chi connectivity index (χ0n) is 21.2. The van der Waals surface area contributed by atoms with Crippen molar-refractivity contribution >= 4 is 38.6 Å². The van der Waals surface area contributed by atoms with Gasteiger partial charge >= 0.3 is 0 Å². The number of benzene rings is 3. The van der Waals surface area contributed by atoms with Gasteiger partial charge in [0.05, 0.1) is 16.9 Å². The molecule has 1 amide bonds. The van der Waals surface area contributed by atoms with E-state index in [1.54, 1.807) is 47.4 Å². The van der Waals surface area contributed by atoms with Crippen LogP contribution < -0.4 is 14.4 Å². The summed E-state index contributed by atoms with van der Waals surface area (Å²) in [5, 5.41) is 1.84. The smallest absolute Gasteiger partial charge is 0.264 e. The average Bonchev–Trinajstić information content (AvgIpc) is 3.44. The van der Waals surface area contributed by atoms with Gasteiger partial charge in [0.1, 0.15) is 11.6 Å². The minimum Gasteiger partial charge on any atom is -0.497 e. The van der Waals surface area contributed by atoms with Gasteiger partial charge in [-0.1, -0.05) is 18.2 Å². The average molecular weight is 554 g/mol. The summed E-state index contributed by atoms with van der Waals surface area (Å²) in [5.74, 6) is 0.0353. The molecule has 1 heterocycles. The topological polar surface area (TPSA) is 79.0 Å². The number of nitrogens with zero attached hydrogens (tertiary/aromatic N) is 2. The third-order valence-electron chi connectivity index (χ3n) is 5.85. The number of ether oxygens (including phenoxy) is 1. The van der Waals surface area contributed by atoms with Crippen LogP contribution in [0.1, 0.15) is 20.8 Å². The van der Waals surface area contributed by atoms with E-state index in [2.05, 4.69) is 4.72 Å². The minimum atomic E-state index is -3.85. The van der Waals surface area contributed by atoms with E-state index < -0.39 is 10.0 Å². The normalized spacial score (nSPS) is 11.2. The number of carbonyl (C=O) groups is 1. The maximum atomic E-state index is 13.5. The molecule has 4 rings (SSSR count). The molecule has 10 heteroatoms. The molecule has 0 aliphatic heterocycles. The molecule has 0 atom stereocenters. The van der Waals surface area contributed by atoms with Crippen molar-refractivity contribution in [3.05, 3.63) is 106 Å². The lowest BCUT2D eigenvalue weighted by Crippen LogP contribution is -2.30. The molecule has 0 aliphatic rings. The number of hydrogen-bond donors (Lipinski definition) is 1. The Bertz CT molecular complexity index is 1490. The third-order valence-corrected chi connectivity index (χ3v) is 8.11. The van der Waals surface area contributed by atoms with Crippen molar-refractivity contribution in [2.75, 3.05) is 30.8 Å². The van der Waals surface area contributed by atoms with Crippen LogP contribution in [-0.4, -0.2) is 40.4 Å². The Kier molecular flexibility index (Phi) is 8.33. The summed E-state index contributed by atoms with van der Waals surface area (Å²) in [5.41, 5.74) is 2.73. The van der Waals surface area contributed by atoms with Gasteiger partial charge in [0.2, 0.25) is 0 Å². The van der Waals surface area contributed by atoms with Gasteiger partial charge in [0, 0.05) is 38.6 Å². The van der Waals surface area contributed by atoms with Crippen LogP contribution in [-0.2, 0) is 23.1 Å². The van der Waals surface area contributed by atoms with Crippen molar-refractivity contribution in [2.45, 2.75) is 18.0 Å². The number of rotatable bonds is 10. The van der Waals surface area contributed by atoms with E-state index >= 15 is 0 Å². The molecule has 0 aliphatic carbocycles. The van der Waals surface area contributed by atoms with E-state index in [-0.39, 0.29) is 29.7 Å². The highest BCUT2D eigenvalue weighted by atomic mass is 32.2.